The van der Waals surface area contributed by atoms with E-state index < -0.39 is 0 Å². The molecular formula is C17H36N2. The largest absolute Gasteiger partial charge is 0.315 e. The molecule has 1 aliphatic rings. The van der Waals surface area contributed by atoms with Crippen LogP contribution in [0.1, 0.15) is 65.2 Å². The maximum atomic E-state index is 3.72. The van der Waals surface area contributed by atoms with Gasteiger partial charge in [-0.05, 0) is 38.9 Å². The predicted octanol–water partition coefficient (Wildman–Crippen LogP) is 3.91. The van der Waals surface area contributed by atoms with Crippen LogP contribution in [0.15, 0.2) is 0 Å². The van der Waals surface area contributed by atoms with E-state index in [4.69, 9.17) is 0 Å². The maximum absolute atomic E-state index is 3.72. The molecule has 1 aliphatic carbocycles. The molecule has 0 saturated heterocycles. The number of hydrogen-bond donors (Lipinski definition) is 1. The molecule has 0 heterocycles. The van der Waals surface area contributed by atoms with E-state index in [0.717, 1.165) is 18.4 Å². The van der Waals surface area contributed by atoms with Crippen molar-refractivity contribution in [2.45, 2.75) is 71.3 Å². The summed E-state index contributed by atoms with van der Waals surface area (Å²) in [6, 6.07) is 0.696. The molecule has 0 aromatic rings. The van der Waals surface area contributed by atoms with Gasteiger partial charge in [-0.1, -0.05) is 58.8 Å². The Hall–Kier alpha value is -0.0800. The third kappa shape index (κ3) is 6.27. The van der Waals surface area contributed by atoms with Crippen molar-refractivity contribution in [3.8, 4) is 0 Å². The van der Waals surface area contributed by atoms with Crippen LogP contribution in [0.3, 0.4) is 0 Å². The van der Waals surface area contributed by atoms with Crippen molar-refractivity contribution in [1.82, 2.24) is 10.2 Å². The molecule has 0 aromatic carbocycles. The summed E-state index contributed by atoms with van der Waals surface area (Å²) in [6.45, 7) is 7.03. The van der Waals surface area contributed by atoms with Gasteiger partial charge in [0.1, 0.15) is 0 Å². The van der Waals surface area contributed by atoms with Crippen LogP contribution in [0.2, 0.25) is 0 Å². The fourth-order valence-corrected chi connectivity index (χ4v) is 3.64. The van der Waals surface area contributed by atoms with Crippen molar-refractivity contribution in [2.75, 3.05) is 27.2 Å². The van der Waals surface area contributed by atoms with Crippen molar-refractivity contribution in [2.24, 2.45) is 11.8 Å². The normalized spacial score (nSPS) is 19.3. The highest BCUT2D eigenvalue weighted by Crippen LogP contribution is 2.25. The minimum atomic E-state index is 0.696. The van der Waals surface area contributed by atoms with Crippen LogP contribution in [0.5, 0.6) is 0 Å². The molecule has 0 spiro atoms. The lowest BCUT2D eigenvalue weighted by atomic mass is 9.87. The summed E-state index contributed by atoms with van der Waals surface area (Å²) in [5.41, 5.74) is 0. The number of nitrogens with zero attached hydrogens (tertiary/aromatic N) is 1. The standard InChI is InChI=1S/C17H36N2/c1-5-16(6-2)17(19(3)4)14-18-13-12-15-10-8-7-9-11-15/h15-18H,5-14H2,1-4H3. The number of rotatable bonds is 9. The Labute approximate surface area is 121 Å². The second-order valence-corrected chi connectivity index (χ2v) is 6.60. The van der Waals surface area contributed by atoms with Crippen molar-refractivity contribution < 1.29 is 0 Å². The Morgan fingerprint density at radius 3 is 2.21 bits per heavy atom. The third-order valence-electron chi connectivity index (χ3n) is 5.06. The van der Waals surface area contributed by atoms with Gasteiger partial charge in [-0.15, -0.1) is 0 Å². The van der Waals surface area contributed by atoms with Gasteiger partial charge in [-0.3, -0.25) is 0 Å². The van der Waals surface area contributed by atoms with Crippen LogP contribution in [-0.4, -0.2) is 38.1 Å². The SMILES string of the molecule is CCC(CC)C(CNCCC1CCCCC1)N(C)C. The average molecular weight is 268 g/mol. The van der Waals surface area contributed by atoms with Gasteiger partial charge >= 0.3 is 0 Å². The first-order valence-corrected chi connectivity index (χ1v) is 8.56. The Balaban J connectivity index is 2.20. The van der Waals surface area contributed by atoms with E-state index in [1.54, 1.807) is 0 Å². The summed E-state index contributed by atoms with van der Waals surface area (Å²) in [5.74, 6) is 1.84. The lowest BCUT2D eigenvalue weighted by molar-refractivity contribution is 0.192. The molecule has 0 aliphatic heterocycles. The molecule has 1 saturated carbocycles. The fourth-order valence-electron chi connectivity index (χ4n) is 3.64. The molecular weight excluding hydrogens is 232 g/mol. The molecule has 0 radical (unpaired) electrons. The molecule has 2 nitrogen and oxygen atoms in total. The summed E-state index contributed by atoms with van der Waals surface area (Å²) < 4.78 is 0. The highest BCUT2D eigenvalue weighted by molar-refractivity contribution is 4.77. The lowest BCUT2D eigenvalue weighted by Crippen LogP contribution is -2.43. The van der Waals surface area contributed by atoms with Crippen molar-refractivity contribution in [3.63, 3.8) is 0 Å². The molecule has 2 heteroatoms. The Morgan fingerprint density at radius 1 is 1.05 bits per heavy atom. The van der Waals surface area contributed by atoms with Crippen LogP contribution in [-0.2, 0) is 0 Å². The van der Waals surface area contributed by atoms with Crippen LogP contribution in [0, 0.1) is 11.8 Å². The van der Waals surface area contributed by atoms with Crippen molar-refractivity contribution >= 4 is 0 Å². The second-order valence-electron chi connectivity index (χ2n) is 6.60. The second kappa shape index (κ2) is 9.77. The number of likely N-dealkylation sites (N-methyl/N-ethyl adjacent to an activating group) is 1. The minimum Gasteiger partial charge on any atom is -0.315 e. The van der Waals surface area contributed by atoms with E-state index in [0.29, 0.717) is 6.04 Å². The van der Waals surface area contributed by atoms with E-state index in [1.807, 2.05) is 0 Å². The zero-order chi connectivity index (χ0) is 14.1. The average Bonchev–Trinajstić information content (AvgIpc) is 2.43. The van der Waals surface area contributed by atoms with Crippen molar-refractivity contribution in [3.05, 3.63) is 0 Å². The molecule has 0 amide bonds. The monoisotopic (exact) mass is 268 g/mol. The first-order chi connectivity index (χ1) is 9.19. The molecule has 0 aromatic heterocycles. The van der Waals surface area contributed by atoms with Crippen LogP contribution in [0.25, 0.3) is 0 Å². The van der Waals surface area contributed by atoms with Crippen molar-refractivity contribution in [1.29, 1.82) is 0 Å². The van der Waals surface area contributed by atoms with Crippen LogP contribution in [0.4, 0.5) is 0 Å². The molecule has 1 rings (SSSR count). The first kappa shape index (κ1) is 17.0. The van der Waals surface area contributed by atoms with E-state index in [2.05, 4.69) is 38.2 Å². The Kier molecular flexibility index (Phi) is 8.72. The highest BCUT2D eigenvalue weighted by atomic mass is 15.1. The Bertz CT molecular complexity index is 205. The minimum absolute atomic E-state index is 0.696. The summed E-state index contributed by atoms with van der Waals surface area (Å²) in [5, 5.41) is 3.72. The molecule has 0 bridgehead atoms. The van der Waals surface area contributed by atoms with E-state index in [-0.39, 0.29) is 0 Å². The zero-order valence-electron chi connectivity index (χ0n) is 13.8. The topological polar surface area (TPSA) is 15.3 Å². The molecule has 1 fully saturated rings. The first-order valence-electron chi connectivity index (χ1n) is 8.56. The van der Waals surface area contributed by atoms with Gasteiger partial charge < -0.3 is 10.2 Å². The lowest BCUT2D eigenvalue weighted by Gasteiger charge is -2.32. The highest BCUT2D eigenvalue weighted by Gasteiger charge is 2.20. The third-order valence-corrected chi connectivity index (χ3v) is 5.06. The van der Waals surface area contributed by atoms with Crippen LogP contribution >= 0.6 is 0 Å². The predicted molar refractivity (Wildman–Crippen MR) is 85.6 cm³/mol. The van der Waals surface area contributed by atoms with Gasteiger partial charge in [0.2, 0.25) is 0 Å². The van der Waals surface area contributed by atoms with E-state index in [9.17, 15) is 0 Å². The molecule has 1 atom stereocenters. The van der Waals surface area contributed by atoms with E-state index >= 15 is 0 Å². The molecule has 1 N–H and O–H groups in total. The van der Waals surface area contributed by atoms with Crippen LogP contribution < -0.4 is 5.32 Å². The summed E-state index contributed by atoms with van der Waals surface area (Å²) in [6.07, 6.45) is 11.4. The summed E-state index contributed by atoms with van der Waals surface area (Å²) in [7, 11) is 4.46. The quantitative estimate of drug-likeness (QED) is 0.638. The van der Waals surface area contributed by atoms with Gasteiger partial charge in [0.25, 0.3) is 0 Å². The van der Waals surface area contributed by atoms with Gasteiger partial charge in [0, 0.05) is 12.6 Å². The number of nitrogens with one attached hydrogen (secondary N) is 1. The summed E-state index contributed by atoms with van der Waals surface area (Å²) >= 11 is 0. The fraction of sp³-hybridized carbons (Fsp3) is 1.00. The van der Waals surface area contributed by atoms with E-state index in [1.165, 1.54) is 57.9 Å². The number of hydrogen-bond acceptors (Lipinski definition) is 2. The summed E-state index contributed by atoms with van der Waals surface area (Å²) in [4.78, 5) is 2.41. The zero-order valence-corrected chi connectivity index (χ0v) is 13.8. The van der Waals surface area contributed by atoms with Gasteiger partial charge in [0.05, 0.1) is 0 Å². The smallest absolute Gasteiger partial charge is 0.0242 e. The van der Waals surface area contributed by atoms with Gasteiger partial charge in [0.15, 0.2) is 0 Å². The van der Waals surface area contributed by atoms with Gasteiger partial charge in [-0.25, -0.2) is 0 Å². The molecule has 19 heavy (non-hydrogen) atoms. The molecule has 114 valence electrons. The van der Waals surface area contributed by atoms with Gasteiger partial charge in [-0.2, -0.15) is 0 Å². The Morgan fingerprint density at radius 2 is 1.68 bits per heavy atom. The maximum Gasteiger partial charge on any atom is 0.0242 e. The molecule has 1 unspecified atom stereocenters.